The molecule has 3 heteroatoms. The predicted octanol–water partition coefficient (Wildman–Crippen LogP) is 3.99. The number of Topliss-reactive ketones (excluding diaryl/α,β-unsaturated/α-hetero) is 1. The van der Waals surface area contributed by atoms with Gasteiger partial charge in [-0.25, -0.2) is 4.39 Å². The molecule has 2 aliphatic rings. The van der Waals surface area contributed by atoms with Crippen molar-refractivity contribution < 1.29 is 9.18 Å². The number of fused-ring (bicyclic) bond motifs is 2. The number of carbonyl (C=O) groups excluding carboxylic acids is 1. The summed E-state index contributed by atoms with van der Waals surface area (Å²) in [6, 6.07) is 4.83. The van der Waals surface area contributed by atoms with Gasteiger partial charge in [0, 0.05) is 22.0 Å². The third-order valence-electron chi connectivity index (χ3n) is 4.19. The lowest BCUT2D eigenvalue weighted by Crippen LogP contribution is -2.25. The van der Waals surface area contributed by atoms with Crippen LogP contribution in [0.5, 0.6) is 0 Å². The average molecular weight is 264 g/mol. The maximum atomic E-state index is 13.5. The molecule has 1 nitrogen and oxygen atoms in total. The van der Waals surface area contributed by atoms with Gasteiger partial charge >= 0.3 is 0 Å². The van der Waals surface area contributed by atoms with Gasteiger partial charge in [-0.05, 0) is 44.2 Å². The SMILES string of the molecule is Cc1c(F)cccc1C(=O)C1CC2CCC(C1)S2. The first-order valence-corrected chi connectivity index (χ1v) is 7.54. The van der Waals surface area contributed by atoms with Crippen molar-refractivity contribution >= 4 is 17.5 Å². The van der Waals surface area contributed by atoms with E-state index in [0.717, 1.165) is 12.8 Å². The highest BCUT2D eigenvalue weighted by Gasteiger charge is 2.38. The molecule has 0 aliphatic carbocycles. The van der Waals surface area contributed by atoms with Crippen LogP contribution in [0, 0.1) is 18.7 Å². The quantitative estimate of drug-likeness (QED) is 0.751. The van der Waals surface area contributed by atoms with Crippen LogP contribution in [-0.4, -0.2) is 16.3 Å². The first kappa shape index (κ1) is 12.2. The van der Waals surface area contributed by atoms with E-state index < -0.39 is 0 Å². The van der Waals surface area contributed by atoms with Crippen LogP contribution in [0.2, 0.25) is 0 Å². The van der Waals surface area contributed by atoms with Gasteiger partial charge in [0.25, 0.3) is 0 Å². The number of hydrogen-bond acceptors (Lipinski definition) is 2. The third kappa shape index (κ3) is 2.09. The Kier molecular flexibility index (Phi) is 3.18. The highest BCUT2D eigenvalue weighted by Crippen LogP contribution is 2.46. The van der Waals surface area contributed by atoms with Crippen LogP contribution < -0.4 is 0 Å². The molecular weight excluding hydrogens is 247 g/mol. The van der Waals surface area contributed by atoms with Crippen LogP contribution in [0.1, 0.15) is 41.6 Å². The molecule has 0 saturated carbocycles. The molecular formula is C15H17FOS. The summed E-state index contributed by atoms with van der Waals surface area (Å²) in [7, 11) is 0. The van der Waals surface area contributed by atoms with Crippen LogP contribution in [-0.2, 0) is 0 Å². The van der Waals surface area contributed by atoms with Gasteiger partial charge in [0.2, 0.25) is 0 Å². The molecule has 2 aliphatic heterocycles. The minimum absolute atomic E-state index is 0.115. The molecule has 3 rings (SSSR count). The molecule has 2 saturated heterocycles. The van der Waals surface area contributed by atoms with Gasteiger partial charge in [-0.2, -0.15) is 11.8 Å². The zero-order valence-electron chi connectivity index (χ0n) is 10.5. The molecule has 2 atom stereocenters. The minimum atomic E-state index is -0.269. The molecule has 0 aromatic heterocycles. The van der Waals surface area contributed by atoms with Gasteiger partial charge in [0.05, 0.1) is 0 Å². The Morgan fingerprint density at radius 3 is 2.61 bits per heavy atom. The van der Waals surface area contributed by atoms with Crippen LogP contribution in [0.3, 0.4) is 0 Å². The predicted molar refractivity (Wildman–Crippen MR) is 72.6 cm³/mol. The summed E-state index contributed by atoms with van der Waals surface area (Å²) in [5.41, 5.74) is 1.10. The van der Waals surface area contributed by atoms with E-state index in [-0.39, 0.29) is 17.5 Å². The van der Waals surface area contributed by atoms with Crippen molar-refractivity contribution in [3.05, 3.63) is 35.1 Å². The second kappa shape index (κ2) is 4.69. The van der Waals surface area contributed by atoms with E-state index in [0.29, 0.717) is 21.6 Å². The number of ketones is 1. The molecule has 0 radical (unpaired) electrons. The highest BCUT2D eigenvalue weighted by molar-refractivity contribution is 8.00. The normalized spacial score (nSPS) is 30.4. The highest BCUT2D eigenvalue weighted by atomic mass is 32.2. The number of thioether (sulfide) groups is 1. The number of rotatable bonds is 2. The number of hydrogen-bond donors (Lipinski definition) is 0. The Morgan fingerprint density at radius 1 is 1.28 bits per heavy atom. The molecule has 18 heavy (non-hydrogen) atoms. The van der Waals surface area contributed by atoms with Crippen molar-refractivity contribution in [3.8, 4) is 0 Å². The van der Waals surface area contributed by atoms with Crippen molar-refractivity contribution in [2.45, 2.75) is 43.1 Å². The smallest absolute Gasteiger partial charge is 0.166 e. The van der Waals surface area contributed by atoms with Gasteiger partial charge in [-0.15, -0.1) is 0 Å². The van der Waals surface area contributed by atoms with E-state index in [1.54, 1.807) is 19.1 Å². The second-order valence-corrected chi connectivity index (χ2v) is 7.01. The van der Waals surface area contributed by atoms with E-state index in [4.69, 9.17) is 0 Å². The Morgan fingerprint density at radius 2 is 1.94 bits per heavy atom. The van der Waals surface area contributed by atoms with Gasteiger partial charge in [-0.1, -0.05) is 12.1 Å². The molecule has 0 amide bonds. The van der Waals surface area contributed by atoms with Crippen LogP contribution in [0.25, 0.3) is 0 Å². The van der Waals surface area contributed by atoms with E-state index in [2.05, 4.69) is 0 Å². The maximum absolute atomic E-state index is 13.5. The Labute approximate surface area is 111 Å². The number of benzene rings is 1. The Hall–Kier alpha value is -0.830. The van der Waals surface area contributed by atoms with Gasteiger partial charge < -0.3 is 0 Å². The maximum Gasteiger partial charge on any atom is 0.166 e. The third-order valence-corrected chi connectivity index (χ3v) is 5.82. The summed E-state index contributed by atoms with van der Waals surface area (Å²) >= 11 is 2.05. The standard InChI is InChI=1S/C15H17FOS/c1-9-13(3-2-4-14(9)16)15(17)10-7-11-5-6-12(8-10)18-11/h2-4,10-12H,5-8H2,1H3. The fourth-order valence-corrected chi connectivity index (χ4v) is 4.94. The summed E-state index contributed by atoms with van der Waals surface area (Å²) in [6.07, 6.45) is 4.47. The molecule has 0 N–H and O–H groups in total. The molecule has 2 heterocycles. The van der Waals surface area contributed by atoms with Crippen LogP contribution in [0.15, 0.2) is 18.2 Å². The zero-order valence-corrected chi connectivity index (χ0v) is 11.3. The average Bonchev–Trinajstić information content (AvgIpc) is 2.71. The van der Waals surface area contributed by atoms with E-state index >= 15 is 0 Å². The van der Waals surface area contributed by atoms with Crippen molar-refractivity contribution in [3.63, 3.8) is 0 Å². The van der Waals surface area contributed by atoms with Gasteiger partial charge in [-0.3, -0.25) is 4.79 Å². The van der Waals surface area contributed by atoms with E-state index in [9.17, 15) is 9.18 Å². The Balaban J connectivity index is 1.84. The number of carbonyl (C=O) groups is 1. The van der Waals surface area contributed by atoms with Gasteiger partial charge in [0.1, 0.15) is 5.82 Å². The monoisotopic (exact) mass is 264 g/mol. The van der Waals surface area contributed by atoms with Crippen molar-refractivity contribution in [2.24, 2.45) is 5.92 Å². The molecule has 1 aromatic rings. The Bertz CT molecular complexity index is 473. The lowest BCUT2D eigenvalue weighted by molar-refractivity contribution is 0.0905. The van der Waals surface area contributed by atoms with Crippen molar-refractivity contribution in [2.75, 3.05) is 0 Å². The van der Waals surface area contributed by atoms with Crippen molar-refractivity contribution in [1.82, 2.24) is 0 Å². The molecule has 0 spiro atoms. The summed E-state index contributed by atoms with van der Waals surface area (Å²) in [4.78, 5) is 12.5. The first-order valence-electron chi connectivity index (χ1n) is 6.60. The molecule has 2 bridgehead atoms. The van der Waals surface area contributed by atoms with Crippen molar-refractivity contribution in [1.29, 1.82) is 0 Å². The second-order valence-electron chi connectivity index (χ2n) is 5.40. The van der Waals surface area contributed by atoms with Gasteiger partial charge in [0.15, 0.2) is 5.78 Å². The first-order chi connectivity index (χ1) is 8.65. The van der Waals surface area contributed by atoms with E-state index in [1.807, 2.05) is 11.8 Å². The van der Waals surface area contributed by atoms with Crippen LogP contribution >= 0.6 is 11.8 Å². The summed E-state index contributed by atoms with van der Waals surface area (Å²) in [5, 5.41) is 1.32. The fourth-order valence-electron chi connectivity index (χ4n) is 3.17. The summed E-state index contributed by atoms with van der Waals surface area (Å²) < 4.78 is 13.5. The lowest BCUT2D eigenvalue weighted by Gasteiger charge is -2.26. The molecule has 96 valence electrons. The fraction of sp³-hybridized carbons (Fsp3) is 0.533. The molecule has 1 aromatic carbocycles. The zero-order chi connectivity index (χ0) is 12.7. The number of halogens is 1. The molecule has 2 fully saturated rings. The topological polar surface area (TPSA) is 17.1 Å². The minimum Gasteiger partial charge on any atom is -0.294 e. The lowest BCUT2D eigenvalue weighted by atomic mass is 9.88. The summed E-state index contributed by atoms with van der Waals surface area (Å²) in [5.74, 6) is 0.00227. The largest absolute Gasteiger partial charge is 0.294 e. The van der Waals surface area contributed by atoms with E-state index in [1.165, 1.54) is 18.9 Å². The summed E-state index contributed by atoms with van der Waals surface area (Å²) in [6.45, 7) is 1.70. The van der Waals surface area contributed by atoms with Crippen LogP contribution in [0.4, 0.5) is 4.39 Å². The molecule has 2 unspecified atom stereocenters.